The second-order valence-electron chi connectivity index (χ2n) is 4.95. The van der Waals surface area contributed by atoms with E-state index in [1.807, 2.05) is 53.5 Å². The van der Waals surface area contributed by atoms with Crippen LogP contribution >= 0.6 is 11.6 Å². The number of hydrogen-bond donors (Lipinski definition) is 2. The molecule has 1 aromatic carbocycles. The van der Waals surface area contributed by atoms with E-state index in [2.05, 4.69) is 10.3 Å². The molecule has 0 bridgehead atoms. The first kappa shape index (κ1) is 13.8. The lowest BCUT2D eigenvalue weighted by Gasteiger charge is -2.06. The van der Waals surface area contributed by atoms with Gasteiger partial charge in [0.05, 0.1) is 6.42 Å². The lowest BCUT2D eigenvalue weighted by molar-refractivity contribution is -0.120. The Morgan fingerprint density at radius 2 is 2.10 bits per heavy atom. The third kappa shape index (κ3) is 3.28. The van der Waals surface area contributed by atoms with Crippen LogP contribution < -0.4 is 5.32 Å². The molecule has 0 atom stereocenters. The Hall–Kier alpha value is -2.20. The van der Waals surface area contributed by atoms with Crippen molar-refractivity contribution in [3.8, 4) is 0 Å². The molecule has 0 aliphatic carbocycles. The van der Waals surface area contributed by atoms with Crippen LogP contribution in [0, 0.1) is 0 Å². The zero-order chi connectivity index (χ0) is 14.7. The number of benzene rings is 1. The minimum Gasteiger partial charge on any atom is -0.361 e. The summed E-state index contributed by atoms with van der Waals surface area (Å²) in [5.41, 5.74) is 1.96. The topological polar surface area (TPSA) is 49.8 Å². The molecular formula is C16H16ClN3O. The van der Waals surface area contributed by atoms with E-state index >= 15 is 0 Å². The van der Waals surface area contributed by atoms with Crippen LogP contribution in [0.5, 0.6) is 0 Å². The van der Waals surface area contributed by atoms with Gasteiger partial charge in [0.15, 0.2) is 0 Å². The highest BCUT2D eigenvalue weighted by molar-refractivity contribution is 6.31. The van der Waals surface area contributed by atoms with Crippen molar-refractivity contribution in [1.29, 1.82) is 0 Å². The average molecular weight is 302 g/mol. The number of carbonyl (C=O) groups is 1. The highest BCUT2D eigenvalue weighted by Gasteiger charge is 2.08. The smallest absolute Gasteiger partial charge is 0.224 e. The largest absolute Gasteiger partial charge is 0.361 e. The lowest BCUT2D eigenvalue weighted by Crippen LogP contribution is -2.28. The van der Waals surface area contributed by atoms with Crippen molar-refractivity contribution in [3.63, 3.8) is 0 Å². The number of aromatic amines is 1. The van der Waals surface area contributed by atoms with Gasteiger partial charge in [-0.3, -0.25) is 4.79 Å². The van der Waals surface area contributed by atoms with Gasteiger partial charge in [-0.1, -0.05) is 11.6 Å². The van der Waals surface area contributed by atoms with Crippen molar-refractivity contribution in [2.24, 2.45) is 0 Å². The van der Waals surface area contributed by atoms with Gasteiger partial charge < -0.3 is 14.9 Å². The van der Waals surface area contributed by atoms with Crippen LogP contribution in [0.3, 0.4) is 0 Å². The molecule has 0 unspecified atom stereocenters. The summed E-state index contributed by atoms with van der Waals surface area (Å²) in [5.74, 6) is 0.0167. The first-order valence-electron chi connectivity index (χ1n) is 6.85. The third-order valence-corrected chi connectivity index (χ3v) is 3.67. The minimum absolute atomic E-state index is 0.0167. The summed E-state index contributed by atoms with van der Waals surface area (Å²) in [6.07, 6.45) is 6.18. The van der Waals surface area contributed by atoms with E-state index in [4.69, 9.17) is 11.6 Å². The predicted molar refractivity (Wildman–Crippen MR) is 84.5 cm³/mol. The van der Waals surface area contributed by atoms with E-state index in [1.54, 1.807) is 0 Å². The van der Waals surface area contributed by atoms with Gasteiger partial charge >= 0.3 is 0 Å². The fourth-order valence-electron chi connectivity index (χ4n) is 2.38. The summed E-state index contributed by atoms with van der Waals surface area (Å²) in [6, 6.07) is 9.58. The first-order chi connectivity index (χ1) is 10.2. The quantitative estimate of drug-likeness (QED) is 0.748. The van der Waals surface area contributed by atoms with E-state index in [1.165, 1.54) is 0 Å². The number of carbonyl (C=O) groups excluding carboxylic acids is 1. The zero-order valence-electron chi connectivity index (χ0n) is 11.5. The van der Waals surface area contributed by atoms with Crippen LogP contribution in [0.2, 0.25) is 5.02 Å². The molecule has 0 aliphatic heterocycles. The zero-order valence-corrected chi connectivity index (χ0v) is 12.2. The van der Waals surface area contributed by atoms with E-state index in [9.17, 15) is 4.79 Å². The van der Waals surface area contributed by atoms with Gasteiger partial charge in [-0.2, -0.15) is 0 Å². The molecule has 4 nitrogen and oxygen atoms in total. The molecule has 0 fully saturated rings. The lowest BCUT2D eigenvalue weighted by atomic mass is 10.1. The molecule has 1 amide bonds. The molecular weight excluding hydrogens is 286 g/mol. The Kier molecular flexibility index (Phi) is 3.97. The molecule has 5 heteroatoms. The van der Waals surface area contributed by atoms with Crippen LogP contribution in [-0.4, -0.2) is 22.0 Å². The van der Waals surface area contributed by atoms with Crippen LogP contribution in [0.15, 0.2) is 48.9 Å². The Bertz CT molecular complexity index is 746. The normalized spacial score (nSPS) is 10.9. The molecule has 2 aromatic heterocycles. The molecule has 0 aliphatic rings. The summed E-state index contributed by atoms with van der Waals surface area (Å²) in [6.45, 7) is 1.40. The molecule has 2 heterocycles. The molecule has 0 spiro atoms. The van der Waals surface area contributed by atoms with Crippen molar-refractivity contribution >= 4 is 28.4 Å². The maximum Gasteiger partial charge on any atom is 0.224 e. The maximum atomic E-state index is 12.0. The Balaban J connectivity index is 1.59. The number of aromatic nitrogens is 2. The van der Waals surface area contributed by atoms with Crippen molar-refractivity contribution in [3.05, 3.63) is 59.5 Å². The van der Waals surface area contributed by atoms with Crippen LogP contribution in [0.4, 0.5) is 0 Å². The van der Waals surface area contributed by atoms with E-state index in [0.29, 0.717) is 18.0 Å². The molecule has 3 aromatic rings. The summed E-state index contributed by atoms with van der Waals surface area (Å²) >= 11 is 6.01. The van der Waals surface area contributed by atoms with Gasteiger partial charge in [-0.25, -0.2) is 0 Å². The molecule has 21 heavy (non-hydrogen) atoms. The van der Waals surface area contributed by atoms with E-state index in [-0.39, 0.29) is 5.91 Å². The van der Waals surface area contributed by atoms with E-state index < -0.39 is 0 Å². The standard InChI is InChI=1S/C16H16ClN3O/c17-13-3-4-15-14(10-13)12(11-19-15)9-16(21)18-5-8-20-6-1-2-7-20/h1-4,6-7,10-11,19H,5,8-9H2,(H,18,21). The van der Waals surface area contributed by atoms with Crippen molar-refractivity contribution < 1.29 is 4.79 Å². The van der Waals surface area contributed by atoms with Crippen molar-refractivity contribution in [2.45, 2.75) is 13.0 Å². The maximum absolute atomic E-state index is 12.0. The Labute approximate surface area is 127 Å². The van der Waals surface area contributed by atoms with Gasteiger partial charge in [-0.05, 0) is 35.9 Å². The summed E-state index contributed by atoms with van der Waals surface area (Å²) in [5, 5.41) is 4.61. The van der Waals surface area contributed by atoms with E-state index in [0.717, 1.165) is 23.0 Å². The number of halogens is 1. The molecule has 0 saturated heterocycles. The fourth-order valence-corrected chi connectivity index (χ4v) is 2.55. The van der Waals surface area contributed by atoms with Gasteiger partial charge in [0, 0.05) is 47.6 Å². The second-order valence-corrected chi connectivity index (χ2v) is 5.39. The van der Waals surface area contributed by atoms with Crippen LogP contribution in [0.25, 0.3) is 10.9 Å². The average Bonchev–Trinajstić information content (AvgIpc) is 3.09. The molecule has 108 valence electrons. The number of nitrogens with one attached hydrogen (secondary N) is 2. The summed E-state index contributed by atoms with van der Waals surface area (Å²) in [4.78, 5) is 15.2. The first-order valence-corrected chi connectivity index (χ1v) is 7.23. The number of nitrogens with zero attached hydrogens (tertiary/aromatic N) is 1. The second kappa shape index (κ2) is 6.06. The Morgan fingerprint density at radius 3 is 2.90 bits per heavy atom. The van der Waals surface area contributed by atoms with Gasteiger partial charge in [0.25, 0.3) is 0 Å². The van der Waals surface area contributed by atoms with Crippen molar-refractivity contribution in [2.75, 3.05) is 6.54 Å². The van der Waals surface area contributed by atoms with Gasteiger partial charge in [0.2, 0.25) is 5.91 Å². The van der Waals surface area contributed by atoms with Gasteiger partial charge in [0.1, 0.15) is 0 Å². The molecule has 3 rings (SSSR count). The molecule has 0 saturated carbocycles. The summed E-state index contributed by atoms with van der Waals surface area (Å²) in [7, 11) is 0. The summed E-state index contributed by atoms with van der Waals surface area (Å²) < 4.78 is 2.03. The number of H-pyrrole nitrogens is 1. The molecule has 2 N–H and O–H groups in total. The van der Waals surface area contributed by atoms with Crippen LogP contribution in [-0.2, 0) is 17.8 Å². The third-order valence-electron chi connectivity index (χ3n) is 3.44. The fraction of sp³-hybridized carbons (Fsp3) is 0.188. The Morgan fingerprint density at radius 1 is 1.29 bits per heavy atom. The minimum atomic E-state index is 0.0167. The number of fused-ring (bicyclic) bond motifs is 1. The number of hydrogen-bond acceptors (Lipinski definition) is 1. The highest BCUT2D eigenvalue weighted by atomic mass is 35.5. The predicted octanol–water partition coefficient (Wildman–Crippen LogP) is 2.98. The van der Waals surface area contributed by atoms with Gasteiger partial charge in [-0.15, -0.1) is 0 Å². The van der Waals surface area contributed by atoms with Crippen molar-refractivity contribution in [1.82, 2.24) is 14.9 Å². The highest BCUT2D eigenvalue weighted by Crippen LogP contribution is 2.22. The SMILES string of the molecule is O=C(Cc1c[nH]c2ccc(Cl)cc12)NCCn1cccc1. The monoisotopic (exact) mass is 301 g/mol. The number of rotatable bonds is 5. The van der Waals surface area contributed by atoms with Crippen LogP contribution in [0.1, 0.15) is 5.56 Å². The molecule has 0 radical (unpaired) electrons. The number of amides is 1.